The summed E-state index contributed by atoms with van der Waals surface area (Å²) >= 11 is 0. The Morgan fingerprint density at radius 2 is 0.514 bits per heavy atom. The molecule has 766 valence electrons. The summed E-state index contributed by atoms with van der Waals surface area (Å²) < 4.78 is 173. The van der Waals surface area contributed by atoms with Crippen LogP contribution in [0, 0.1) is 41.5 Å². The van der Waals surface area contributed by atoms with Gasteiger partial charge in [-0.2, -0.15) is 33.7 Å². The van der Waals surface area contributed by atoms with Gasteiger partial charge in [0.05, 0.1) is 82.8 Å². The van der Waals surface area contributed by atoms with Crippen LogP contribution in [0.5, 0.6) is 57.5 Å². The average Bonchev–Trinajstić information content (AvgIpc) is 0.864. The molecule has 0 unspecified atom stereocenters. The molecule has 32 nitrogen and oxygen atoms in total. The van der Waals surface area contributed by atoms with Gasteiger partial charge in [0.25, 0.3) is 46.4 Å². The van der Waals surface area contributed by atoms with Gasteiger partial charge in [0.2, 0.25) is 0 Å². The largest absolute Gasteiger partial charge is 0.494 e. The zero-order valence-corrected chi connectivity index (χ0v) is 84.9. The van der Waals surface area contributed by atoms with Gasteiger partial charge in [0.1, 0.15) is 57.5 Å². The molecule has 144 heavy (non-hydrogen) atoms. The minimum atomic E-state index is -4.13. The molecule has 12 rings (SSSR count). The molecule has 0 atom stereocenters. The van der Waals surface area contributed by atoms with Crippen LogP contribution < -0.4 is 52.7 Å². The number of carbonyl (C=O) groups is 7. The van der Waals surface area contributed by atoms with Crippen molar-refractivity contribution in [3.05, 3.63) is 369 Å². The third-order valence-corrected chi connectivity index (χ3v) is 23.3. The lowest BCUT2D eigenvalue weighted by Gasteiger charge is -2.17. The van der Waals surface area contributed by atoms with Crippen LogP contribution in [0.3, 0.4) is 0 Å². The monoisotopic (exact) mass is 2050 g/mol. The summed E-state index contributed by atoms with van der Waals surface area (Å²) in [6, 6.07) is 82.9. The van der Waals surface area contributed by atoms with Gasteiger partial charge in [-0.25, -0.2) is 28.8 Å². The van der Waals surface area contributed by atoms with Gasteiger partial charge in [0.15, 0.2) is 0 Å². The average molecular weight is 2050 g/mol. The van der Waals surface area contributed by atoms with Gasteiger partial charge in [-0.1, -0.05) is 127 Å². The van der Waals surface area contributed by atoms with E-state index in [9.17, 15) is 67.2 Å². The summed E-state index contributed by atoms with van der Waals surface area (Å²) in [7, 11) is -12.0. The molecular formula is C108H121N3O29S4. The summed E-state index contributed by atoms with van der Waals surface area (Å²) in [6.07, 6.45) is 3.32. The molecule has 0 aliphatic heterocycles. The Labute approximate surface area is 841 Å². The molecular weight excluding hydrogens is 1930 g/mol. The number of hydrogen-bond donors (Lipinski definition) is 5. The Hall–Kier alpha value is -14.3. The quantitative estimate of drug-likeness (QED) is 0.0103. The highest BCUT2D eigenvalue weighted by Crippen LogP contribution is 2.25. The van der Waals surface area contributed by atoms with E-state index in [0.717, 1.165) is 78.2 Å². The van der Waals surface area contributed by atoms with E-state index in [4.69, 9.17) is 65.6 Å². The second kappa shape index (κ2) is 60.2. The minimum absolute atomic E-state index is 0.146. The van der Waals surface area contributed by atoms with E-state index in [1.54, 1.807) is 170 Å². The Morgan fingerprint density at radius 3 is 0.785 bits per heavy atom. The van der Waals surface area contributed by atoms with Crippen LogP contribution >= 0.6 is 0 Å². The van der Waals surface area contributed by atoms with Crippen LogP contribution in [-0.2, 0) is 47.0 Å². The van der Waals surface area contributed by atoms with Crippen LogP contribution in [0.25, 0.3) is 0 Å². The first-order chi connectivity index (χ1) is 68.4. The Morgan fingerprint density at radius 1 is 0.271 bits per heavy atom. The lowest BCUT2D eigenvalue weighted by Crippen LogP contribution is -2.28. The molecule has 0 heterocycles. The fraction of sp³-hybridized carbons (Fsp3) is 0.269. The first-order valence-electron chi connectivity index (χ1n) is 45.7. The zero-order chi connectivity index (χ0) is 105. The number of nitrogens with zero attached hydrogens (tertiary/aromatic N) is 2. The van der Waals surface area contributed by atoms with Crippen LogP contribution in [-0.4, -0.2) is 193 Å². The Bertz CT molecular complexity index is 6520. The number of unbranched alkanes of at least 4 members (excludes halogenated alkanes) is 2. The minimum Gasteiger partial charge on any atom is -0.494 e. The highest BCUT2D eigenvalue weighted by Gasteiger charge is 2.19. The van der Waals surface area contributed by atoms with E-state index in [0.29, 0.717) is 106 Å². The van der Waals surface area contributed by atoms with Crippen LogP contribution in [0.4, 0.5) is 0 Å². The molecule has 5 N–H and O–H groups in total. The molecule has 0 aliphatic rings. The van der Waals surface area contributed by atoms with E-state index in [1.165, 1.54) is 29.8 Å². The molecule has 0 aliphatic carbocycles. The van der Waals surface area contributed by atoms with Crippen molar-refractivity contribution in [3.8, 4) is 57.5 Å². The van der Waals surface area contributed by atoms with Gasteiger partial charge in [-0.15, -0.1) is 0 Å². The third-order valence-electron chi connectivity index (χ3n) is 20.2. The van der Waals surface area contributed by atoms with Crippen molar-refractivity contribution in [2.24, 2.45) is 0 Å². The van der Waals surface area contributed by atoms with Crippen molar-refractivity contribution in [2.75, 3.05) is 89.7 Å². The Balaban J connectivity index is 0.000000235. The number of aryl methyl sites for hydroxylation is 6. The van der Waals surface area contributed by atoms with Gasteiger partial charge >= 0.3 is 35.8 Å². The van der Waals surface area contributed by atoms with Gasteiger partial charge < -0.3 is 62.5 Å². The molecule has 36 heteroatoms. The van der Waals surface area contributed by atoms with E-state index < -0.39 is 76.0 Å². The molecule has 0 saturated carbocycles. The number of hydrogen-bond acceptors (Lipinski definition) is 27. The van der Waals surface area contributed by atoms with Crippen molar-refractivity contribution < 1.29 is 133 Å². The summed E-state index contributed by atoms with van der Waals surface area (Å²) in [5.74, 6) is 0.592. The van der Waals surface area contributed by atoms with Crippen molar-refractivity contribution in [1.82, 2.24) is 15.1 Å². The van der Waals surface area contributed by atoms with Crippen LogP contribution in [0.1, 0.15) is 164 Å². The van der Waals surface area contributed by atoms with E-state index in [2.05, 4.69) is 29.0 Å². The Kier molecular flexibility index (Phi) is 48.8. The highest BCUT2D eigenvalue weighted by molar-refractivity contribution is 7.86. The number of rotatable bonds is 42. The highest BCUT2D eigenvalue weighted by atomic mass is 32.2. The first kappa shape index (κ1) is 117. The molecule has 0 radical (unpaired) electrons. The zero-order valence-electron chi connectivity index (χ0n) is 81.7. The first-order valence-corrected chi connectivity index (χ1v) is 52.1. The fourth-order valence-electron chi connectivity index (χ4n) is 12.3. The molecule has 0 aromatic heterocycles. The van der Waals surface area contributed by atoms with E-state index in [-0.39, 0.29) is 72.9 Å². The van der Waals surface area contributed by atoms with Gasteiger partial charge in [0, 0.05) is 18.7 Å². The topological polar surface area (TPSA) is 448 Å². The van der Waals surface area contributed by atoms with Crippen molar-refractivity contribution in [2.45, 2.75) is 100 Å². The smallest absolute Gasteiger partial charge is 0.343 e. The maximum Gasteiger partial charge on any atom is 0.343 e. The molecule has 0 saturated heterocycles. The number of benzene rings is 12. The van der Waals surface area contributed by atoms with Gasteiger partial charge in [-0.3, -0.25) is 23.0 Å². The number of esters is 6. The third kappa shape index (κ3) is 48.4. The van der Waals surface area contributed by atoms with Crippen molar-refractivity contribution >= 4 is 82.2 Å². The lowest BCUT2D eigenvalue weighted by atomic mass is 10.1. The predicted molar refractivity (Wildman–Crippen MR) is 548 cm³/mol. The number of nitrogens with one attached hydrogen (secondary N) is 1. The number of carbonyl (C=O) groups excluding carboxylic acids is 7. The SMILES string of the molecule is CCN(CC)CCCCOc1ccc(C(=O)Oc2ccc(C)cc2)cc1.Cc1ccc(OC(=O)c2ccc(C(=O)NCCS(=O)(=O)O)cc2)cc1.Cc1ccc(OC(=O)c2ccc(CN(C)C)cc2)cc1.Cc1ccc(OC(=O)c2ccc(OCCCCS(=O)(=O)O)cc2)cc1.Cc1ccc(OC(=O)c2ccc(OCCCS(=O)(=O)O)cc2)cc1.Cc1cccc(OC(=O)c2ccc(OCCCS(=O)(=O)O)cc2)c1. The van der Waals surface area contributed by atoms with Crippen molar-refractivity contribution in [1.29, 1.82) is 0 Å². The number of amides is 1. The molecule has 1 amide bonds. The predicted octanol–water partition coefficient (Wildman–Crippen LogP) is 18.8. The molecule has 0 fully saturated rings. The van der Waals surface area contributed by atoms with Crippen LogP contribution in [0.2, 0.25) is 0 Å². The molecule has 12 aromatic carbocycles. The summed E-state index contributed by atoms with van der Waals surface area (Å²) in [5, 5.41) is 2.36. The molecule has 0 spiro atoms. The normalized spacial score (nSPS) is 10.9. The summed E-state index contributed by atoms with van der Waals surface area (Å²) in [4.78, 5) is 88.7. The van der Waals surface area contributed by atoms with Crippen LogP contribution in [0.15, 0.2) is 291 Å². The summed E-state index contributed by atoms with van der Waals surface area (Å²) in [6.45, 7) is 21.3. The van der Waals surface area contributed by atoms with Crippen molar-refractivity contribution in [3.63, 3.8) is 0 Å². The second-order valence-corrected chi connectivity index (χ2v) is 39.1. The maximum absolute atomic E-state index is 12.2. The molecule has 12 aromatic rings. The van der Waals surface area contributed by atoms with Gasteiger partial charge in [-0.05, 0) is 331 Å². The standard InChI is InChI=1S/C22H29NO3.C18H20O6S.C17H17NO6S.C17H19NO2.2C17H18O6S/c1-4-23(5-2)16-6-7-17-25-20-14-10-19(11-15-20)22(24)26-21-12-8-18(3)9-13-21;1-14-4-8-17(9-5-14)24-18(19)15-6-10-16(11-7-15)23-12-2-3-13-25(20,21)22;1-12-2-8-15(9-3-12)24-17(20)14-6-4-13(5-7-14)16(19)18-10-11-25(21,22)23;1-13-4-10-16(11-5-13)20-17(19)15-8-6-14(7-9-15)12-18(2)3;1-13-3-7-16(8-4-13)23-17(18)14-5-9-15(10-6-14)22-11-2-12-24(19,20)21;1-13-4-2-5-16(12-13)23-17(18)14-6-8-15(9-7-14)22-10-3-11-24(19,20)21/h8-15H,4-7,16-17H2,1-3H3;4-11H,2-3,12-13H2,1H3,(H,20,21,22);2-9H,10-11H2,1H3,(H,18,19)(H,21,22,23);4-11H,12H2,1-3H3;3-10H,2,11-12H2,1H3,(H,19,20,21);2,4-9,12H,3,10-11H2,1H3,(H,19,20,21). The fourth-order valence-corrected chi connectivity index (χ4v) is 14.2. The summed E-state index contributed by atoms with van der Waals surface area (Å²) in [5.41, 5.74) is 10.4. The van der Waals surface area contributed by atoms with E-state index >= 15 is 0 Å². The lowest BCUT2D eigenvalue weighted by molar-refractivity contribution is 0.0725. The second-order valence-electron chi connectivity index (χ2n) is 32.8. The maximum atomic E-state index is 12.2. The number of ether oxygens (including phenoxy) is 10. The van der Waals surface area contributed by atoms with E-state index in [1.807, 2.05) is 153 Å². The molecule has 0 bridgehead atoms.